The van der Waals surface area contributed by atoms with E-state index in [0.29, 0.717) is 5.52 Å². The van der Waals surface area contributed by atoms with Crippen molar-refractivity contribution in [1.29, 1.82) is 0 Å². The summed E-state index contributed by atoms with van der Waals surface area (Å²) in [4.78, 5) is 16.6. The number of rotatable bonds is 3. The largest absolute Gasteiger partial charge is 0.298 e. The minimum absolute atomic E-state index is 0.0301. The van der Waals surface area contributed by atoms with Crippen molar-refractivity contribution in [2.24, 2.45) is 5.92 Å². The van der Waals surface area contributed by atoms with Gasteiger partial charge in [-0.15, -0.1) is 0 Å². The van der Waals surface area contributed by atoms with Gasteiger partial charge in [-0.2, -0.15) is 0 Å². The molecule has 1 fully saturated rings. The van der Waals surface area contributed by atoms with Crippen molar-refractivity contribution in [3.63, 3.8) is 0 Å². The van der Waals surface area contributed by atoms with Gasteiger partial charge < -0.3 is 0 Å². The highest BCUT2D eigenvalue weighted by molar-refractivity contribution is 5.99. The van der Waals surface area contributed by atoms with E-state index >= 15 is 0 Å². The second-order valence-corrected chi connectivity index (χ2v) is 5.62. The van der Waals surface area contributed by atoms with Gasteiger partial charge in [-0.3, -0.25) is 9.78 Å². The van der Waals surface area contributed by atoms with Crippen LogP contribution in [0.25, 0.3) is 10.9 Å². The first-order chi connectivity index (χ1) is 9.04. The van der Waals surface area contributed by atoms with E-state index in [1.807, 2.05) is 26.0 Å². The van der Waals surface area contributed by atoms with Gasteiger partial charge in [0, 0.05) is 23.6 Å². The molecule has 2 aromatic rings. The van der Waals surface area contributed by atoms with E-state index in [9.17, 15) is 9.18 Å². The SMILES string of the molecule is CC(C)C(=O)C1(c2cc(F)cc3ncccc23)CC1. The van der Waals surface area contributed by atoms with Crippen molar-refractivity contribution in [3.05, 3.63) is 41.8 Å². The van der Waals surface area contributed by atoms with Crippen molar-refractivity contribution >= 4 is 16.7 Å². The maximum absolute atomic E-state index is 13.8. The molecule has 19 heavy (non-hydrogen) atoms. The molecule has 1 aliphatic rings. The average molecular weight is 257 g/mol. The van der Waals surface area contributed by atoms with Crippen molar-refractivity contribution in [2.75, 3.05) is 0 Å². The highest BCUT2D eigenvalue weighted by Crippen LogP contribution is 2.52. The molecule has 0 amide bonds. The Labute approximate surface area is 111 Å². The summed E-state index contributed by atoms with van der Waals surface area (Å²) in [5, 5.41) is 0.899. The van der Waals surface area contributed by atoms with Gasteiger partial charge in [-0.1, -0.05) is 19.9 Å². The Bertz CT molecular complexity index is 659. The lowest BCUT2D eigenvalue weighted by atomic mass is 9.84. The Morgan fingerprint density at radius 2 is 2.11 bits per heavy atom. The molecule has 1 aromatic heterocycles. The first kappa shape index (κ1) is 12.3. The van der Waals surface area contributed by atoms with Crippen LogP contribution in [0, 0.1) is 11.7 Å². The van der Waals surface area contributed by atoms with Gasteiger partial charge in [-0.05, 0) is 30.5 Å². The molecule has 2 nitrogen and oxygen atoms in total. The molecule has 0 spiro atoms. The van der Waals surface area contributed by atoms with E-state index in [0.717, 1.165) is 23.8 Å². The van der Waals surface area contributed by atoms with Gasteiger partial charge in [0.1, 0.15) is 11.6 Å². The molecule has 0 atom stereocenters. The van der Waals surface area contributed by atoms with Crippen LogP contribution in [0.1, 0.15) is 32.3 Å². The zero-order chi connectivity index (χ0) is 13.6. The number of benzene rings is 1. The molecule has 1 heterocycles. The van der Waals surface area contributed by atoms with Crippen molar-refractivity contribution in [2.45, 2.75) is 32.1 Å². The number of nitrogens with zero attached hydrogens (tertiary/aromatic N) is 1. The molecule has 3 rings (SSSR count). The summed E-state index contributed by atoms with van der Waals surface area (Å²) in [7, 11) is 0. The first-order valence-corrected chi connectivity index (χ1v) is 6.64. The number of fused-ring (bicyclic) bond motifs is 1. The Morgan fingerprint density at radius 3 is 2.74 bits per heavy atom. The fourth-order valence-corrected chi connectivity index (χ4v) is 2.87. The van der Waals surface area contributed by atoms with Gasteiger partial charge in [-0.25, -0.2) is 4.39 Å². The fourth-order valence-electron chi connectivity index (χ4n) is 2.87. The number of halogens is 1. The third-order valence-electron chi connectivity index (χ3n) is 3.95. The maximum atomic E-state index is 13.8. The minimum Gasteiger partial charge on any atom is -0.298 e. The Kier molecular flexibility index (Phi) is 2.66. The normalized spacial score (nSPS) is 16.8. The standard InChI is InChI=1S/C16H16FNO/c1-10(2)15(19)16(5-6-16)13-8-11(17)9-14-12(13)4-3-7-18-14/h3-4,7-10H,5-6H2,1-2H3. The number of aromatic nitrogens is 1. The quantitative estimate of drug-likeness (QED) is 0.840. The highest BCUT2D eigenvalue weighted by atomic mass is 19.1. The lowest BCUT2D eigenvalue weighted by Gasteiger charge is -2.19. The van der Waals surface area contributed by atoms with Crippen molar-refractivity contribution in [3.8, 4) is 0 Å². The Hall–Kier alpha value is -1.77. The summed E-state index contributed by atoms with van der Waals surface area (Å²) in [6.07, 6.45) is 3.28. The number of hydrogen-bond acceptors (Lipinski definition) is 2. The van der Waals surface area contributed by atoms with E-state index in [1.54, 1.807) is 6.20 Å². The molecule has 0 saturated heterocycles. The zero-order valence-electron chi connectivity index (χ0n) is 11.1. The summed E-state index contributed by atoms with van der Waals surface area (Å²) < 4.78 is 13.8. The lowest BCUT2D eigenvalue weighted by molar-refractivity contribution is -0.124. The van der Waals surface area contributed by atoms with E-state index in [2.05, 4.69) is 4.98 Å². The highest BCUT2D eigenvalue weighted by Gasteiger charge is 2.52. The van der Waals surface area contributed by atoms with Gasteiger partial charge in [0.15, 0.2) is 0 Å². The van der Waals surface area contributed by atoms with Gasteiger partial charge in [0.25, 0.3) is 0 Å². The summed E-state index contributed by atoms with van der Waals surface area (Å²) >= 11 is 0. The van der Waals surface area contributed by atoms with Crippen LogP contribution in [0.3, 0.4) is 0 Å². The summed E-state index contributed by atoms with van der Waals surface area (Å²) in [5.74, 6) is -0.134. The molecule has 0 aliphatic heterocycles. The second kappa shape index (κ2) is 4.12. The number of Topliss-reactive ketones (excluding diaryl/α,β-unsaturated/α-hetero) is 1. The molecule has 1 aromatic carbocycles. The van der Waals surface area contributed by atoms with Gasteiger partial charge in [0.05, 0.1) is 10.9 Å². The smallest absolute Gasteiger partial charge is 0.145 e. The summed E-state index contributed by atoms with van der Waals surface area (Å²) in [6.45, 7) is 3.81. The van der Waals surface area contributed by atoms with E-state index in [4.69, 9.17) is 0 Å². The minimum atomic E-state index is -0.475. The van der Waals surface area contributed by atoms with Crippen molar-refractivity contribution < 1.29 is 9.18 Å². The number of hydrogen-bond donors (Lipinski definition) is 0. The fraction of sp³-hybridized carbons (Fsp3) is 0.375. The molecule has 0 N–H and O–H groups in total. The summed E-state index contributed by atoms with van der Waals surface area (Å²) in [5.41, 5.74) is 0.965. The second-order valence-electron chi connectivity index (χ2n) is 5.62. The van der Waals surface area contributed by atoms with Crippen LogP contribution in [0.15, 0.2) is 30.5 Å². The first-order valence-electron chi connectivity index (χ1n) is 6.64. The summed E-state index contributed by atoms with van der Waals surface area (Å²) in [6, 6.07) is 6.69. The van der Waals surface area contributed by atoms with Crippen LogP contribution in [0.5, 0.6) is 0 Å². The molecule has 0 radical (unpaired) electrons. The zero-order valence-corrected chi connectivity index (χ0v) is 11.1. The van der Waals surface area contributed by atoms with Gasteiger partial charge >= 0.3 is 0 Å². The van der Waals surface area contributed by atoms with Crippen LogP contribution >= 0.6 is 0 Å². The van der Waals surface area contributed by atoms with E-state index < -0.39 is 5.41 Å². The number of carbonyl (C=O) groups is 1. The Balaban J connectivity index is 2.23. The monoisotopic (exact) mass is 257 g/mol. The van der Waals surface area contributed by atoms with Crippen LogP contribution < -0.4 is 0 Å². The lowest BCUT2D eigenvalue weighted by Crippen LogP contribution is -2.25. The topological polar surface area (TPSA) is 30.0 Å². The van der Waals surface area contributed by atoms with E-state index in [-0.39, 0.29) is 17.5 Å². The van der Waals surface area contributed by atoms with Gasteiger partial charge in [0.2, 0.25) is 0 Å². The van der Waals surface area contributed by atoms with Crippen molar-refractivity contribution in [1.82, 2.24) is 4.98 Å². The van der Waals surface area contributed by atoms with Crippen LogP contribution in [0.2, 0.25) is 0 Å². The third-order valence-corrected chi connectivity index (χ3v) is 3.95. The predicted octanol–water partition coefficient (Wildman–Crippen LogP) is 3.63. The van der Waals surface area contributed by atoms with Crippen LogP contribution in [0.4, 0.5) is 4.39 Å². The predicted molar refractivity (Wildman–Crippen MR) is 72.5 cm³/mol. The van der Waals surface area contributed by atoms with Crippen LogP contribution in [-0.4, -0.2) is 10.8 Å². The number of carbonyl (C=O) groups excluding carboxylic acids is 1. The molecular formula is C16H16FNO. The molecular weight excluding hydrogens is 241 g/mol. The molecule has 98 valence electrons. The number of pyridine rings is 1. The third kappa shape index (κ3) is 1.84. The Morgan fingerprint density at radius 1 is 1.37 bits per heavy atom. The molecule has 0 unspecified atom stereocenters. The molecule has 1 aliphatic carbocycles. The maximum Gasteiger partial charge on any atom is 0.145 e. The molecule has 1 saturated carbocycles. The average Bonchev–Trinajstić information content (AvgIpc) is 3.18. The van der Waals surface area contributed by atoms with E-state index in [1.165, 1.54) is 12.1 Å². The number of ketones is 1. The van der Waals surface area contributed by atoms with Crippen LogP contribution in [-0.2, 0) is 10.2 Å². The molecule has 3 heteroatoms. The molecule has 0 bridgehead atoms.